The number of hydrogen-bond acceptors (Lipinski definition) is 7. The number of carbonyl (C=O) groups is 1. The van der Waals surface area contributed by atoms with E-state index in [2.05, 4.69) is 14.9 Å². The summed E-state index contributed by atoms with van der Waals surface area (Å²) in [6.45, 7) is 3.61. The third kappa shape index (κ3) is 3.26. The van der Waals surface area contributed by atoms with Crippen molar-refractivity contribution in [2.75, 3.05) is 23.7 Å². The maximum atomic E-state index is 13.1. The third-order valence-electron chi connectivity index (χ3n) is 5.10. The Hall–Kier alpha value is -2.93. The average molecular weight is 365 g/mol. The van der Waals surface area contributed by atoms with Crippen LogP contribution in [0.25, 0.3) is 11.1 Å². The molecule has 0 bridgehead atoms. The molecule has 3 aromatic heterocycles. The van der Waals surface area contributed by atoms with Crippen molar-refractivity contribution in [1.29, 1.82) is 0 Å². The van der Waals surface area contributed by atoms with Crippen LogP contribution < -0.4 is 16.4 Å². The van der Waals surface area contributed by atoms with Gasteiger partial charge in [0.2, 0.25) is 5.88 Å². The van der Waals surface area contributed by atoms with Gasteiger partial charge in [-0.3, -0.25) is 14.8 Å². The van der Waals surface area contributed by atoms with Gasteiger partial charge < -0.3 is 20.8 Å². The number of aromatic nitrogens is 2. The van der Waals surface area contributed by atoms with Gasteiger partial charge in [0.05, 0.1) is 0 Å². The van der Waals surface area contributed by atoms with Gasteiger partial charge in [-0.1, -0.05) is 0 Å². The van der Waals surface area contributed by atoms with E-state index in [4.69, 9.17) is 15.9 Å². The van der Waals surface area contributed by atoms with E-state index >= 15 is 0 Å². The predicted molar refractivity (Wildman–Crippen MR) is 105 cm³/mol. The molecule has 1 aliphatic rings. The van der Waals surface area contributed by atoms with Crippen molar-refractivity contribution in [3.05, 3.63) is 47.4 Å². The first-order valence-electron chi connectivity index (χ1n) is 9.14. The molecule has 0 spiro atoms. The minimum absolute atomic E-state index is 0.113. The number of pyridine rings is 2. The minimum atomic E-state index is -0.125. The lowest BCUT2D eigenvalue weighted by atomic mass is 10.0. The first-order chi connectivity index (χ1) is 13.0. The van der Waals surface area contributed by atoms with Gasteiger partial charge in [-0.15, -0.1) is 0 Å². The van der Waals surface area contributed by atoms with Crippen molar-refractivity contribution in [3.8, 4) is 0 Å². The number of nitrogen functional groups attached to an aromatic ring is 1. The zero-order valence-electron chi connectivity index (χ0n) is 15.3. The molecule has 0 aliphatic carbocycles. The summed E-state index contributed by atoms with van der Waals surface area (Å²) in [6.07, 6.45) is 7.40. The Morgan fingerprint density at radius 3 is 3.04 bits per heavy atom. The van der Waals surface area contributed by atoms with Crippen LogP contribution in [-0.4, -0.2) is 34.9 Å². The van der Waals surface area contributed by atoms with E-state index in [1.807, 2.05) is 19.1 Å². The van der Waals surface area contributed by atoms with Gasteiger partial charge in [0.15, 0.2) is 11.4 Å². The largest absolute Gasteiger partial charge is 0.438 e. The minimum Gasteiger partial charge on any atom is -0.438 e. The van der Waals surface area contributed by atoms with E-state index in [9.17, 15) is 4.79 Å². The topological polar surface area (TPSA) is 111 Å². The number of ketones is 1. The third-order valence-corrected chi connectivity index (χ3v) is 5.10. The van der Waals surface area contributed by atoms with Gasteiger partial charge in [-0.05, 0) is 37.5 Å². The molecule has 1 saturated heterocycles. The normalized spacial score (nSPS) is 17.4. The quantitative estimate of drug-likeness (QED) is 0.683. The fourth-order valence-corrected chi connectivity index (χ4v) is 3.75. The smallest absolute Gasteiger partial charge is 0.204 e. The summed E-state index contributed by atoms with van der Waals surface area (Å²) in [6, 6.07) is 3.93. The number of aryl methyl sites for hydroxylation is 1. The number of Topliss-reactive ketones (excluding diaryl/α,β-unsaturated/α-hetero) is 1. The van der Waals surface area contributed by atoms with Gasteiger partial charge in [-0.25, -0.2) is 0 Å². The summed E-state index contributed by atoms with van der Waals surface area (Å²) < 4.78 is 5.60. The molecule has 7 nitrogen and oxygen atoms in total. The molecular weight excluding hydrogens is 342 g/mol. The maximum absolute atomic E-state index is 13.1. The van der Waals surface area contributed by atoms with E-state index in [0.29, 0.717) is 16.7 Å². The van der Waals surface area contributed by atoms with Crippen LogP contribution in [0, 0.1) is 6.92 Å². The molecular formula is C20H23N5O2. The van der Waals surface area contributed by atoms with E-state index in [1.165, 1.54) is 0 Å². The SMILES string of the molecule is Cc1ccnc2c(C(=O)Cc3cnccc3N3CCC[C@H](N)C3)c(N)oc12. The van der Waals surface area contributed by atoms with Crippen molar-refractivity contribution in [1.82, 2.24) is 9.97 Å². The zero-order valence-corrected chi connectivity index (χ0v) is 15.3. The van der Waals surface area contributed by atoms with Crippen LogP contribution in [0.1, 0.15) is 34.3 Å². The zero-order chi connectivity index (χ0) is 19.0. The molecule has 1 atom stereocenters. The molecule has 4 N–H and O–H groups in total. The molecule has 0 aromatic carbocycles. The van der Waals surface area contributed by atoms with Gasteiger partial charge >= 0.3 is 0 Å². The number of carbonyl (C=O) groups excluding carboxylic acids is 1. The fraction of sp³-hybridized carbons (Fsp3) is 0.350. The standard InChI is InChI=1S/C20H23N5O2/c1-12-4-7-24-18-17(20(22)27-19(12)18)16(26)9-13-10-23-6-5-15(13)25-8-2-3-14(21)11-25/h4-7,10,14H,2-3,8-9,11,21-22H2,1H3/t14-/m0/s1. The molecule has 0 amide bonds. The molecule has 0 saturated carbocycles. The highest BCUT2D eigenvalue weighted by Crippen LogP contribution is 2.31. The van der Waals surface area contributed by atoms with E-state index in [-0.39, 0.29) is 24.1 Å². The number of hydrogen-bond donors (Lipinski definition) is 2. The van der Waals surface area contributed by atoms with Gasteiger partial charge in [0, 0.05) is 55.4 Å². The van der Waals surface area contributed by atoms with E-state index < -0.39 is 0 Å². The number of rotatable bonds is 4. The number of fused-ring (bicyclic) bond motifs is 1. The Labute approximate surface area is 157 Å². The highest BCUT2D eigenvalue weighted by molar-refractivity contribution is 6.11. The fourth-order valence-electron chi connectivity index (χ4n) is 3.75. The second kappa shape index (κ2) is 7.00. The number of nitrogens with two attached hydrogens (primary N) is 2. The molecule has 4 rings (SSSR count). The Bertz CT molecular complexity index is 997. The predicted octanol–water partition coefficient (Wildman–Crippen LogP) is 2.47. The Morgan fingerprint density at radius 1 is 1.37 bits per heavy atom. The van der Waals surface area contributed by atoms with Crippen LogP contribution in [0.2, 0.25) is 0 Å². The van der Waals surface area contributed by atoms with Crippen LogP contribution in [-0.2, 0) is 6.42 Å². The summed E-state index contributed by atoms with van der Waals surface area (Å²) >= 11 is 0. The second-order valence-corrected chi connectivity index (χ2v) is 7.10. The highest BCUT2D eigenvalue weighted by atomic mass is 16.3. The molecule has 0 unspecified atom stereocenters. The van der Waals surface area contributed by atoms with Crippen molar-refractivity contribution in [2.24, 2.45) is 5.73 Å². The lowest BCUT2D eigenvalue weighted by Gasteiger charge is -2.33. The summed E-state index contributed by atoms with van der Waals surface area (Å²) in [7, 11) is 0. The van der Waals surface area contributed by atoms with Gasteiger partial charge in [0.1, 0.15) is 11.1 Å². The van der Waals surface area contributed by atoms with E-state index in [0.717, 1.165) is 42.7 Å². The van der Waals surface area contributed by atoms with Crippen LogP contribution in [0.3, 0.4) is 0 Å². The van der Waals surface area contributed by atoms with Crippen molar-refractivity contribution >= 4 is 28.5 Å². The molecule has 1 aliphatic heterocycles. The molecule has 4 heterocycles. The van der Waals surface area contributed by atoms with Crippen LogP contribution >= 0.6 is 0 Å². The molecule has 1 fully saturated rings. The number of anilines is 2. The first kappa shape index (κ1) is 17.5. The summed E-state index contributed by atoms with van der Waals surface area (Å²) in [4.78, 5) is 23.8. The number of furan rings is 1. The molecule has 3 aromatic rings. The number of nitrogens with zero attached hydrogens (tertiary/aromatic N) is 3. The summed E-state index contributed by atoms with van der Waals surface area (Å²) in [5, 5.41) is 0. The lowest BCUT2D eigenvalue weighted by molar-refractivity contribution is 0.0994. The summed E-state index contributed by atoms with van der Waals surface area (Å²) in [5.41, 5.74) is 16.3. The van der Waals surface area contributed by atoms with E-state index in [1.54, 1.807) is 18.6 Å². The van der Waals surface area contributed by atoms with Crippen molar-refractivity contribution in [3.63, 3.8) is 0 Å². The Morgan fingerprint density at radius 2 is 2.22 bits per heavy atom. The van der Waals surface area contributed by atoms with Crippen LogP contribution in [0.4, 0.5) is 11.6 Å². The molecule has 0 radical (unpaired) electrons. The molecule has 140 valence electrons. The molecule has 27 heavy (non-hydrogen) atoms. The lowest BCUT2D eigenvalue weighted by Crippen LogP contribution is -2.43. The monoisotopic (exact) mass is 365 g/mol. The van der Waals surface area contributed by atoms with Crippen LogP contribution in [0.5, 0.6) is 0 Å². The van der Waals surface area contributed by atoms with Crippen LogP contribution in [0.15, 0.2) is 35.1 Å². The Balaban J connectivity index is 1.67. The number of piperidine rings is 1. The maximum Gasteiger partial charge on any atom is 0.204 e. The van der Waals surface area contributed by atoms with Gasteiger partial charge in [0.25, 0.3) is 0 Å². The van der Waals surface area contributed by atoms with Gasteiger partial charge in [-0.2, -0.15) is 0 Å². The Kier molecular flexibility index (Phi) is 4.53. The second-order valence-electron chi connectivity index (χ2n) is 7.10. The molecule has 7 heteroatoms. The van der Waals surface area contributed by atoms with Crippen molar-refractivity contribution < 1.29 is 9.21 Å². The highest BCUT2D eigenvalue weighted by Gasteiger charge is 2.24. The summed E-state index contributed by atoms with van der Waals surface area (Å²) in [5.74, 6) is -0.0119. The first-order valence-corrected chi connectivity index (χ1v) is 9.14. The van der Waals surface area contributed by atoms with Crippen molar-refractivity contribution in [2.45, 2.75) is 32.2 Å². The average Bonchev–Trinajstić information content (AvgIpc) is 2.99.